The molecule has 1 saturated heterocycles. The van der Waals surface area contributed by atoms with Gasteiger partial charge in [0.25, 0.3) is 0 Å². The van der Waals surface area contributed by atoms with E-state index >= 15 is 0 Å². The van der Waals surface area contributed by atoms with E-state index in [4.69, 9.17) is 5.11 Å². The molecule has 7 heteroatoms. The minimum Gasteiger partial charge on any atom is -0.391 e. The fourth-order valence-electron chi connectivity index (χ4n) is 2.26. The topological polar surface area (TPSA) is 69.6 Å². The lowest BCUT2D eigenvalue weighted by atomic mass is 10.0. The highest BCUT2D eigenvalue weighted by atomic mass is 32.2. The third-order valence-corrected chi connectivity index (χ3v) is 6.67. The van der Waals surface area contributed by atoms with Crippen LogP contribution in [0.2, 0.25) is 0 Å². The highest BCUT2D eigenvalue weighted by Crippen LogP contribution is 2.23. The quantitative estimate of drug-likeness (QED) is 0.871. The predicted octanol–water partition coefficient (Wildman–Crippen LogP) is 1.00. The number of thiophene rings is 1. The summed E-state index contributed by atoms with van der Waals surface area (Å²) in [5.41, 5.74) is 0. The Hall–Kier alpha value is -0.470. The first-order chi connectivity index (χ1) is 8.92. The van der Waals surface area contributed by atoms with Crippen LogP contribution in [-0.4, -0.2) is 44.1 Å². The molecule has 2 atom stereocenters. The van der Waals surface area contributed by atoms with E-state index in [1.165, 1.54) is 0 Å². The zero-order valence-electron chi connectivity index (χ0n) is 11.2. The molecule has 0 bridgehead atoms. The lowest BCUT2D eigenvalue weighted by Gasteiger charge is -2.35. The summed E-state index contributed by atoms with van der Waals surface area (Å²) < 4.78 is 27.5. The maximum absolute atomic E-state index is 12.2. The van der Waals surface area contributed by atoms with Gasteiger partial charge in [0.2, 0.25) is 10.0 Å². The van der Waals surface area contributed by atoms with Gasteiger partial charge in [-0.05, 0) is 45.5 Å². The molecule has 0 amide bonds. The zero-order valence-corrected chi connectivity index (χ0v) is 12.8. The van der Waals surface area contributed by atoms with Crippen molar-refractivity contribution in [3.8, 4) is 0 Å². The highest BCUT2D eigenvalue weighted by molar-refractivity contribution is 7.91. The van der Waals surface area contributed by atoms with E-state index in [-0.39, 0.29) is 16.9 Å². The number of piperidine rings is 1. The van der Waals surface area contributed by atoms with Crippen molar-refractivity contribution in [1.82, 2.24) is 9.62 Å². The van der Waals surface area contributed by atoms with Crippen LogP contribution in [-0.2, 0) is 16.6 Å². The Labute approximate surface area is 118 Å². The van der Waals surface area contributed by atoms with Gasteiger partial charge in [-0.2, -0.15) is 0 Å². The first-order valence-electron chi connectivity index (χ1n) is 6.34. The predicted molar refractivity (Wildman–Crippen MR) is 75.7 cm³/mol. The Balaban J connectivity index is 2.05. The molecule has 0 aromatic carbocycles. The molecule has 2 rings (SSSR count). The molecule has 1 aliphatic heterocycles. The van der Waals surface area contributed by atoms with Gasteiger partial charge in [0.15, 0.2) is 0 Å². The Morgan fingerprint density at radius 1 is 1.53 bits per heavy atom. The van der Waals surface area contributed by atoms with Crippen molar-refractivity contribution in [1.29, 1.82) is 0 Å². The van der Waals surface area contributed by atoms with Crippen LogP contribution in [0.4, 0.5) is 0 Å². The van der Waals surface area contributed by atoms with Crippen LogP contribution in [0, 0.1) is 0 Å². The maximum Gasteiger partial charge on any atom is 0.250 e. The SMILES string of the molecule is CC1CC(NS(=O)(=O)c2ccc(CO)s2)CCN1C. The molecule has 0 aliphatic carbocycles. The Morgan fingerprint density at radius 2 is 2.26 bits per heavy atom. The Kier molecular flexibility index (Phi) is 4.62. The van der Waals surface area contributed by atoms with E-state index < -0.39 is 10.0 Å². The number of aliphatic hydroxyl groups excluding tert-OH is 1. The molecule has 1 aliphatic rings. The van der Waals surface area contributed by atoms with E-state index in [2.05, 4.69) is 23.6 Å². The van der Waals surface area contributed by atoms with Crippen LogP contribution in [0.5, 0.6) is 0 Å². The van der Waals surface area contributed by atoms with E-state index in [0.29, 0.717) is 10.9 Å². The molecular formula is C12H20N2O3S2. The highest BCUT2D eigenvalue weighted by Gasteiger charge is 2.27. The van der Waals surface area contributed by atoms with Gasteiger partial charge < -0.3 is 10.0 Å². The van der Waals surface area contributed by atoms with Crippen molar-refractivity contribution in [2.75, 3.05) is 13.6 Å². The minimum absolute atomic E-state index is 0.00382. The Bertz CT molecular complexity index is 527. The molecule has 2 heterocycles. The van der Waals surface area contributed by atoms with Gasteiger partial charge in [-0.1, -0.05) is 0 Å². The van der Waals surface area contributed by atoms with E-state index in [9.17, 15) is 8.42 Å². The summed E-state index contributed by atoms with van der Waals surface area (Å²) in [5.74, 6) is 0. The molecule has 0 radical (unpaired) electrons. The molecular weight excluding hydrogens is 284 g/mol. The van der Waals surface area contributed by atoms with E-state index in [1.807, 2.05) is 0 Å². The number of hydrogen-bond acceptors (Lipinski definition) is 5. The van der Waals surface area contributed by atoms with Gasteiger partial charge in [0.05, 0.1) is 6.61 Å². The van der Waals surface area contributed by atoms with Crippen LogP contribution < -0.4 is 4.72 Å². The average molecular weight is 304 g/mol. The summed E-state index contributed by atoms with van der Waals surface area (Å²) in [4.78, 5) is 2.90. The normalized spacial score (nSPS) is 25.6. The Morgan fingerprint density at radius 3 is 2.84 bits per heavy atom. The molecule has 2 N–H and O–H groups in total. The summed E-state index contributed by atoms with van der Waals surface area (Å²) in [6.07, 6.45) is 1.66. The van der Waals surface area contributed by atoms with E-state index in [1.54, 1.807) is 12.1 Å². The lowest BCUT2D eigenvalue weighted by molar-refractivity contribution is 0.178. The molecule has 1 aromatic heterocycles. The van der Waals surface area contributed by atoms with Gasteiger partial charge in [0, 0.05) is 17.0 Å². The number of aliphatic hydroxyl groups is 1. The van der Waals surface area contributed by atoms with Crippen molar-refractivity contribution in [3.63, 3.8) is 0 Å². The second-order valence-electron chi connectivity index (χ2n) is 5.05. The number of hydrogen-bond donors (Lipinski definition) is 2. The summed E-state index contributed by atoms with van der Waals surface area (Å²) >= 11 is 1.12. The smallest absolute Gasteiger partial charge is 0.250 e. The maximum atomic E-state index is 12.2. The monoisotopic (exact) mass is 304 g/mol. The molecule has 0 saturated carbocycles. The molecule has 1 fully saturated rings. The van der Waals surface area contributed by atoms with Crippen LogP contribution >= 0.6 is 11.3 Å². The third-order valence-electron chi connectivity index (χ3n) is 3.59. The van der Waals surface area contributed by atoms with Crippen molar-refractivity contribution in [2.45, 2.75) is 42.7 Å². The molecule has 19 heavy (non-hydrogen) atoms. The van der Waals surface area contributed by atoms with Crippen molar-refractivity contribution in [2.24, 2.45) is 0 Å². The fourth-order valence-corrected chi connectivity index (χ4v) is 4.78. The largest absolute Gasteiger partial charge is 0.391 e. The molecule has 1 aromatic rings. The minimum atomic E-state index is -3.45. The fraction of sp³-hybridized carbons (Fsp3) is 0.667. The van der Waals surface area contributed by atoms with Crippen molar-refractivity contribution >= 4 is 21.4 Å². The second-order valence-corrected chi connectivity index (χ2v) is 8.16. The van der Waals surface area contributed by atoms with Crippen LogP contribution in [0.3, 0.4) is 0 Å². The van der Waals surface area contributed by atoms with Crippen LogP contribution in [0.25, 0.3) is 0 Å². The summed E-state index contributed by atoms with van der Waals surface area (Å²) in [6, 6.07) is 3.58. The standard InChI is InChI=1S/C12H20N2O3S2/c1-9-7-10(5-6-14(9)2)13-19(16,17)12-4-3-11(8-15)18-12/h3-4,9-10,13,15H,5-8H2,1-2H3. The first kappa shape index (κ1) is 14.9. The average Bonchev–Trinajstić information content (AvgIpc) is 2.83. The number of sulfonamides is 1. The van der Waals surface area contributed by atoms with Crippen molar-refractivity contribution in [3.05, 3.63) is 17.0 Å². The third kappa shape index (κ3) is 3.55. The number of likely N-dealkylation sites (tertiary alicyclic amines) is 1. The number of nitrogens with zero attached hydrogens (tertiary/aromatic N) is 1. The number of rotatable bonds is 4. The summed E-state index contributed by atoms with van der Waals surface area (Å²) in [5, 5.41) is 8.99. The van der Waals surface area contributed by atoms with Gasteiger partial charge >= 0.3 is 0 Å². The lowest BCUT2D eigenvalue weighted by Crippen LogP contribution is -2.47. The zero-order chi connectivity index (χ0) is 14.0. The molecule has 108 valence electrons. The summed E-state index contributed by atoms with van der Waals surface area (Å²) in [7, 11) is -1.39. The van der Waals surface area contributed by atoms with Gasteiger partial charge in [-0.3, -0.25) is 0 Å². The second kappa shape index (κ2) is 5.88. The van der Waals surface area contributed by atoms with E-state index in [0.717, 1.165) is 30.7 Å². The van der Waals surface area contributed by atoms with Crippen molar-refractivity contribution < 1.29 is 13.5 Å². The number of nitrogens with one attached hydrogen (secondary N) is 1. The van der Waals surface area contributed by atoms with Gasteiger partial charge in [0.1, 0.15) is 4.21 Å². The molecule has 0 spiro atoms. The molecule has 2 unspecified atom stereocenters. The van der Waals surface area contributed by atoms with Crippen LogP contribution in [0.1, 0.15) is 24.6 Å². The first-order valence-corrected chi connectivity index (χ1v) is 8.64. The van der Waals surface area contributed by atoms with Gasteiger partial charge in [-0.15, -0.1) is 11.3 Å². The van der Waals surface area contributed by atoms with Crippen LogP contribution in [0.15, 0.2) is 16.3 Å². The summed E-state index contributed by atoms with van der Waals surface area (Å²) in [6.45, 7) is 2.89. The molecule has 5 nitrogen and oxygen atoms in total. The van der Waals surface area contributed by atoms with Gasteiger partial charge in [-0.25, -0.2) is 13.1 Å².